The summed E-state index contributed by atoms with van der Waals surface area (Å²) in [7, 11) is -2.89. The van der Waals surface area contributed by atoms with E-state index in [2.05, 4.69) is 29.9 Å². The Hall–Kier alpha value is -3.10. The number of imidazole rings is 2. The van der Waals surface area contributed by atoms with Gasteiger partial charge in [0.2, 0.25) is 5.95 Å². The van der Waals surface area contributed by atoms with Crippen LogP contribution >= 0.6 is 15.0 Å². The fourth-order valence-corrected chi connectivity index (χ4v) is 7.41. The summed E-state index contributed by atoms with van der Waals surface area (Å²) in [5, 5.41) is 0. The molecule has 19 nitrogen and oxygen atoms in total. The predicted molar refractivity (Wildman–Crippen MR) is 145 cm³/mol. The Labute approximate surface area is 244 Å². The van der Waals surface area contributed by atoms with Crippen molar-refractivity contribution in [2.24, 2.45) is 0 Å². The number of hydrogen-bond donors (Lipinski definition) is 4. The van der Waals surface area contributed by atoms with Crippen LogP contribution in [-0.4, -0.2) is 87.7 Å². The van der Waals surface area contributed by atoms with Gasteiger partial charge in [-0.3, -0.25) is 18.9 Å². The molecule has 4 aromatic rings. The second-order valence-electron chi connectivity index (χ2n) is 9.75. The number of halogens is 1. The Morgan fingerprint density at radius 3 is 2.65 bits per heavy atom. The molecule has 3 saturated heterocycles. The van der Waals surface area contributed by atoms with Crippen molar-refractivity contribution < 1.29 is 41.4 Å². The van der Waals surface area contributed by atoms with Crippen LogP contribution in [-0.2, 0) is 43.9 Å². The SMILES string of the molecule is Nc1nc2c(ncn2[C@@H]2O[C@@H]3CO[P+](=O)O[C@H]4[C@H](F)[C@H](n5cnc6c(N)ncnc65)O[C@@H]4COP(O)(=S)O[C@@H]2C3)c(=O)[nH]1. The van der Waals surface area contributed by atoms with E-state index in [1.165, 1.54) is 28.1 Å². The summed E-state index contributed by atoms with van der Waals surface area (Å²) in [6.45, 7) is -4.83. The molecule has 43 heavy (non-hydrogen) atoms. The van der Waals surface area contributed by atoms with Gasteiger partial charge in [-0.1, -0.05) is 0 Å². The zero-order valence-electron chi connectivity index (χ0n) is 21.6. The first-order chi connectivity index (χ1) is 20.6. The third-order valence-corrected chi connectivity index (χ3v) is 9.40. The smallest absolute Gasteiger partial charge is 0.382 e. The number of rotatable bonds is 2. The second-order valence-corrected chi connectivity index (χ2v) is 13.5. The standard InChI is InChI=1S/C20H21FN10O9P2S/c21-10-13-9(38-19(10)30-5-26-11-14(22)24-4-25-15(11)30)3-36-42(34,43)40-8-1-7(2-35-41(33)39-13)37-18(8)31-6-27-12-16(31)28-20(23)29-17(12)32/h4-10,13,18-19H,1-3H2,(H5-,22,23,24,25,28,29,32,34,43)/p+1/t7-,8+,9+,10-,13+,18+,19+,42?/m0/s1. The van der Waals surface area contributed by atoms with Crippen LogP contribution in [0.4, 0.5) is 16.2 Å². The van der Waals surface area contributed by atoms with E-state index in [0.717, 1.165) is 0 Å². The van der Waals surface area contributed by atoms with Crippen LogP contribution in [0.3, 0.4) is 0 Å². The summed E-state index contributed by atoms with van der Waals surface area (Å²) in [6, 6.07) is 0. The Bertz CT molecular complexity index is 1840. The largest absolute Gasteiger partial charge is 0.697 e. The van der Waals surface area contributed by atoms with E-state index < -0.39 is 70.2 Å². The van der Waals surface area contributed by atoms with E-state index in [1.54, 1.807) is 0 Å². The Kier molecular flexibility index (Phi) is 7.20. The number of aromatic amines is 1. The molecule has 2 bridgehead atoms. The van der Waals surface area contributed by atoms with Gasteiger partial charge >= 0.3 is 15.0 Å². The predicted octanol–water partition coefficient (Wildman–Crippen LogP) is 0.338. The van der Waals surface area contributed by atoms with E-state index in [-0.39, 0.29) is 47.1 Å². The van der Waals surface area contributed by atoms with Gasteiger partial charge in [0.15, 0.2) is 47.4 Å². The number of nitrogens with zero attached hydrogens (tertiary/aromatic N) is 7. The Morgan fingerprint density at radius 1 is 1.07 bits per heavy atom. The fraction of sp³-hybridized carbons (Fsp3) is 0.500. The van der Waals surface area contributed by atoms with E-state index in [4.69, 9.17) is 50.8 Å². The molecule has 7 rings (SSSR count). The van der Waals surface area contributed by atoms with Crippen molar-refractivity contribution in [3.05, 3.63) is 29.3 Å². The zero-order chi connectivity index (χ0) is 30.0. The van der Waals surface area contributed by atoms with E-state index in [0.29, 0.717) is 0 Å². The van der Waals surface area contributed by atoms with Gasteiger partial charge in [-0.05, 0) is 11.8 Å². The summed E-state index contributed by atoms with van der Waals surface area (Å²) < 4.78 is 65.5. The molecule has 0 spiro atoms. The normalized spacial score (nSPS) is 34.6. The number of H-pyrrole nitrogens is 1. The Morgan fingerprint density at radius 2 is 1.84 bits per heavy atom. The summed E-state index contributed by atoms with van der Waals surface area (Å²) >= 11 is 5.27. The van der Waals surface area contributed by atoms with Crippen LogP contribution < -0.4 is 17.0 Å². The molecule has 0 amide bonds. The number of nitrogens with two attached hydrogens (primary N) is 2. The summed E-state index contributed by atoms with van der Waals surface area (Å²) in [4.78, 5) is 45.9. The number of nitrogen functional groups attached to an aromatic ring is 2. The maximum Gasteiger partial charge on any atom is 0.697 e. The number of ether oxygens (including phenoxy) is 2. The molecule has 3 aliphatic heterocycles. The lowest BCUT2D eigenvalue weighted by molar-refractivity contribution is -0.0579. The number of nitrogens with one attached hydrogen (secondary N) is 1. The maximum atomic E-state index is 15.8. The highest BCUT2D eigenvalue weighted by molar-refractivity contribution is 8.07. The van der Waals surface area contributed by atoms with Crippen molar-refractivity contribution in [2.45, 2.75) is 49.5 Å². The number of hydrogen-bond acceptors (Lipinski definition) is 16. The van der Waals surface area contributed by atoms with E-state index in [9.17, 15) is 14.3 Å². The molecule has 7 heterocycles. The Balaban J connectivity index is 1.16. The lowest BCUT2D eigenvalue weighted by Crippen LogP contribution is -2.33. The highest BCUT2D eigenvalue weighted by atomic mass is 32.5. The third kappa shape index (κ3) is 5.20. The van der Waals surface area contributed by atoms with E-state index in [1.807, 2.05) is 0 Å². The zero-order valence-corrected chi connectivity index (χ0v) is 24.2. The maximum absolute atomic E-state index is 15.8. The highest BCUT2D eigenvalue weighted by Gasteiger charge is 2.53. The summed E-state index contributed by atoms with van der Waals surface area (Å²) in [5.74, 6) is -0.0736. The van der Waals surface area contributed by atoms with Crippen LogP contribution in [0, 0.1) is 0 Å². The van der Waals surface area contributed by atoms with Crippen LogP contribution in [0.2, 0.25) is 0 Å². The quantitative estimate of drug-likeness (QED) is 0.212. The molecule has 4 aromatic heterocycles. The van der Waals surface area contributed by atoms with Gasteiger partial charge in [0.25, 0.3) is 5.56 Å². The third-order valence-electron chi connectivity index (χ3n) is 7.04. The molecule has 3 fully saturated rings. The van der Waals surface area contributed by atoms with Gasteiger partial charge in [0.1, 0.15) is 30.7 Å². The minimum Gasteiger partial charge on any atom is -0.382 e. The van der Waals surface area contributed by atoms with Gasteiger partial charge in [0, 0.05) is 11.0 Å². The number of anilines is 2. The minimum atomic E-state index is -4.05. The molecule has 0 aliphatic carbocycles. The van der Waals surface area contributed by atoms with Gasteiger partial charge in [-0.25, -0.2) is 24.3 Å². The molecule has 0 aromatic carbocycles. The van der Waals surface area contributed by atoms with Crippen molar-refractivity contribution in [3.8, 4) is 0 Å². The van der Waals surface area contributed by atoms with Gasteiger partial charge < -0.3 is 34.9 Å². The average Bonchev–Trinajstić information content (AvgIpc) is 3.72. The first-order valence-electron chi connectivity index (χ1n) is 12.6. The molecule has 228 valence electrons. The molecule has 9 atom stereocenters. The first kappa shape index (κ1) is 28.7. The lowest BCUT2D eigenvalue weighted by Gasteiger charge is -2.25. The summed E-state index contributed by atoms with van der Waals surface area (Å²) in [6.07, 6.45) is -4.88. The van der Waals surface area contributed by atoms with E-state index >= 15 is 4.39 Å². The second kappa shape index (κ2) is 10.8. The van der Waals surface area contributed by atoms with Crippen molar-refractivity contribution in [1.82, 2.24) is 39.0 Å². The topological polar surface area (TPSA) is 252 Å². The van der Waals surface area contributed by atoms with Crippen LogP contribution in [0.1, 0.15) is 18.9 Å². The van der Waals surface area contributed by atoms with Crippen LogP contribution in [0.25, 0.3) is 22.3 Å². The molecule has 0 radical (unpaired) electrons. The lowest BCUT2D eigenvalue weighted by atomic mass is 10.1. The average molecular weight is 659 g/mol. The van der Waals surface area contributed by atoms with Crippen LogP contribution in [0.5, 0.6) is 0 Å². The molecule has 23 heteroatoms. The monoisotopic (exact) mass is 659 g/mol. The van der Waals surface area contributed by atoms with Gasteiger partial charge in [-0.2, -0.15) is 4.98 Å². The van der Waals surface area contributed by atoms with Crippen molar-refractivity contribution in [1.29, 1.82) is 0 Å². The number of alkyl halides is 1. The molecule has 3 aliphatic rings. The highest BCUT2D eigenvalue weighted by Crippen LogP contribution is 2.51. The van der Waals surface area contributed by atoms with Gasteiger partial charge in [0.05, 0.1) is 25.4 Å². The fourth-order valence-electron chi connectivity index (χ4n) is 5.17. The summed E-state index contributed by atoms with van der Waals surface area (Å²) in [5.41, 5.74) is 11.5. The number of fused-ring (bicyclic) bond motifs is 5. The van der Waals surface area contributed by atoms with Crippen molar-refractivity contribution in [2.75, 3.05) is 24.7 Å². The molecule has 6 N–H and O–H groups in total. The van der Waals surface area contributed by atoms with Crippen molar-refractivity contribution in [3.63, 3.8) is 0 Å². The molecular formula is C20H22FN10O9P2S+. The van der Waals surface area contributed by atoms with Crippen LogP contribution in [0.15, 0.2) is 23.8 Å². The number of aromatic nitrogens is 8. The molecule has 2 unspecified atom stereocenters. The van der Waals surface area contributed by atoms with Gasteiger partial charge in [-0.15, -0.1) is 9.05 Å². The van der Waals surface area contributed by atoms with Crippen molar-refractivity contribution >= 4 is 60.9 Å². The molecule has 0 saturated carbocycles. The first-order valence-corrected chi connectivity index (χ1v) is 16.3. The molecular weight excluding hydrogens is 637 g/mol. The minimum absolute atomic E-state index is 0.0126.